The number of amides is 1. The molecular formula is C15H24N2O4S. The normalized spacial score (nSPS) is 22.6. The fraction of sp³-hybridized carbons (Fsp3) is 0.733. The Morgan fingerprint density at radius 1 is 1.64 bits per heavy atom. The molecule has 2 atom stereocenters. The summed E-state index contributed by atoms with van der Waals surface area (Å²) in [4.78, 5) is 18.2. The lowest BCUT2D eigenvalue weighted by Crippen LogP contribution is -2.50. The zero-order valence-electron chi connectivity index (χ0n) is 13.7. The summed E-state index contributed by atoms with van der Waals surface area (Å²) in [6.07, 6.45) is 0.888. The van der Waals surface area contributed by atoms with Crippen molar-refractivity contribution in [2.45, 2.75) is 64.5 Å². The number of ether oxygens (including phenoxy) is 2. The third-order valence-electron chi connectivity index (χ3n) is 3.40. The second-order valence-corrected chi connectivity index (χ2v) is 7.81. The fourth-order valence-electron chi connectivity index (χ4n) is 2.49. The minimum Gasteiger partial charge on any atom is -0.444 e. The summed E-state index contributed by atoms with van der Waals surface area (Å²) < 4.78 is 11.2. The summed E-state index contributed by atoms with van der Waals surface area (Å²) in [7, 11) is 0. The first-order valence-corrected chi connectivity index (χ1v) is 8.22. The van der Waals surface area contributed by atoms with Crippen LogP contribution in [0.25, 0.3) is 0 Å². The number of aliphatic hydroxyl groups is 1. The standard InChI is InChI=1S/C15H24N2O4S/c1-14(2,3)21-13(19)17-10(9-20-15(17,4)5)8-11(18)12-16-6-7-22-12/h6-7,10-11,18H,8-9H2,1-5H3/t10-,11-/m0/s1. The maximum Gasteiger partial charge on any atom is 0.412 e. The molecule has 6 nitrogen and oxygen atoms in total. The summed E-state index contributed by atoms with van der Waals surface area (Å²) in [6, 6.07) is -0.247. The molecule has 1 N–H and O–H groups in total. The van der Waals surface area contributed by atoms with Crippen molar-refractivity contribution in [1.29, 1.82) is 0 Å². The van der Waals surface area contributed by atoms with Gasteiger partial charge in [-0.2, -0.15) is 0 Å². The molecule has 0 saturated carbocycles. The van der Waals surface area contributed by atoms with E-state index in [1.165, 1.54) is 11.3 Å². The molecule has 0 radical (unpaired) electrons. The van der Waals surface area contributed by atoms with Crippen LogP contribution in [0, 0.1) is 0 Å². The van der Waals surface area contributed by atoms with E-state index in [4.69, 9.17) is 9.47 Å². The van der Waals surface area contributed by atoms with Gasteiger partial charge in [0.15, 0.2) is 0 Å². The quantitative estimate of drug-likeness (QED) is 0.923. The molecule has 1 aromatic rings. The molecule has 0 unspecified atom stereocenters. The monoisotopic (exact) mass is 328 g/mol. The van der Waals surface area contributed by atoms with E-state index in [1.54, 1.807) is 11.1 Å². The molecule has 0 aromatic carbocycles. The fourth-order valence-corrected chi connectivity index (χ4v) is 3.13. The molecule has 7 heteroatoms. The van der Waals surface area contributed by atoms with Gasteiger partial charge < -0.3 is 14.6 Å². The molecule has 124 valence electrons. The predicted molar refractivity (Wildman–Crippen MR) is 83.6 cm³/mol. The molecular weight excluding hydrogens is 304 g/mol. The van der Waals surface area contributed by atoms with Crippen LogP contribution in [0.5, 0.6) is 0 Å². The van der Waals surface area contributed by atoms with Crippen LogP contribution in [-0.4, -0.2) is 45.1 Å². The van der Waals surface area contributed by atoms with E-state index in [1.807, 2.05) is 40.0 Å². The van der Waals surface area contributed by atoms with Crippen molar-refractivity contribution < 1.29 is 19.4 Å². The number of aromatic nitrogens is 1. The minimum atomic E-state index is -0.754. The molecule has 1 aliphatic rings. The van der Waals surface area contributed by atoms with Crippen molar-refractivity contribution in [3.63, 3.8) is 0 Å². The second-order valence-electron chi connectivity index (χ2n) is 6.88. The highest BCUT2D eigenvalue weighted by Crippen LogP contribution is 2.34. The third-order valence-corrected chi connectivity index (χ3v) is 4.27. The molecule has 0 aliphatic carbocycles. The van der Waals surface area contributed by atoms with Gasteiger partial charge >= 0.3 is 6.09 Å². The number of carbonyl (C=O) groups is 1. The van der Waals surface area contributed by atoms with Crippen molar-refractivity contribution in [3.05, 3.63) is 16.6 Å². The van der Waals surface area contributed by atoms with Crippen molar-refractivity contribution in [2.75, 3.05) is 6.61 Å². The Hall–Kier alpha value is -1.18. The zero-order chi connectivity index (χ0) is 16.5. The van der Waals surface area contributed by atoms with Crippen LogP contribution in [0.2, 0.25) is 0 Å². The van der Waals surface area contributed by atoms with Gasteiger partial charge in [0, 0.05) is 18.0 Å². The number of aliphatic hydroxyl groups excluding tert-OH is 1. The highest BCUT2D eigenvalue weighted by atomic mass is 32.1. The van der Waals surface area contributed by atoms with Crippen LogP contribution in [0.1, 0.15) is 52.2 Å². The number of nitrogens with zero attached hydrogens (tertiary/aromatic N) is 2. The molecule has 1 amide bonds. The van der Waals surface area contributed by atoms with E-state index < -0.39 is 23.5 Å². The minimum absolute atomic E-state index is 0.247. The Kier molecular flexibility index (Phi) is 4.79. The van der Waals surface area contributed by atoms with Gasteiger partial charge in [0.25, 0.3) is 0 Å². The van der Waals surface area contributed by atoms with Crippen LogP contribution in [0.15, 0.2) is 11.6 Å². The van der Waals surface area contributed by atoms with Gasteiger partial charge in [-0.15, -0.1) is 11.3 Å². The van der Waals surface area contributed by atoms with Crippen molar-refractivity contribution in [1.82, 2.24) is 9.88 Å². The summed E-state index contributed by atoms with van der Waals surface area (Å²) >= 11 is 1.40. The summed E-state index contributed by atoms with van der Waals surface area (Å²) in [5, 5.41) is 12.8. The molecule has 1 aromatic heterocycles. The SMILES string of the molecule is CC(C)(C)OC(=O)N1[C@@H](C[C@H](O)c2nccs2)COC1(C)C. The van der Waals surface area contributed by atoms with Crippen molar-refractivity contribution >= 4 is 17.4 Å². The number of thiazole rings is 1. The van der Waals surface area contributed by atoms with Crippen LogP contribution >= 0.6 is 11.3 Å². The van der Waals surface area contributed by atoms with Gasteiger partial charge in [0.2, 0.25) is 0 Å². The number of hydrogen-bond donors (Lipinski definition) is 1. The highest BCUT2D eigenvalue weighted by molar-refractivity contribution is 7.09. The lowest BCUT2D eigenvalue weighted by atomic mass is 10.1. The van der Waals surface area contributed by atoms with E-state index in [0.717, 1.165) is 0 Å². The van der Waals surface area contributed by atoms with E-state index in [0.29, 0.717) is 18.0 Å². The first kappa shape index (κ1) is 17.2. The smallest absolute Gasteiger partial charge is 0.412 e. The second kappa shape index (κ2) is 6.14. The Morgan fingerprint density at radius 3 is 2.86 bits per heavy atom. The first-order chi connectivity index (χ1) is 10.1. The van der Waals surface area contributed by atoms with Crippen LogP contribution in [0.4, 0.5) is 4.79 Å². The van der Waals surface area contributed by atoms with Crippen LogP contribution in [0.3, 0.4) is 0 Å². The zero-order valence-corrected chi connectivity index (χ0v) is 14.5. The maximum atomic E-state index is 12.5. The van der Waals surface area contributed by atoms with Gasteiger partial charge in [0.1, 0.15) is 22.4 Å². The van der Waals surface area contributed by atoms with E-state index in [9.17, 15) is 9.90 Å². The number of carbonyl (C=O) groups excluding carboxylic acids is 1. The lowest BCUT2D eigenvalue weighted by molar-refractivity contribution is -0.0637. The Balaban J connectivity index is 2.11. The topological polar surface area (TPSA) is 71.9 Å². The molecule has 1 saturated heterocycles. The molecule has 1 fully saturated rings. The van der Waals surface area contributed by atoms with E-state index in [2.05, 4.69) is 4.98 Å². The van der Waals surface area contributed by atoms with Crippen molar-refractivity contribution in [3.8, 4) is 0 Å². The molecule has 0 bridgehead atoms. The first-order valence-electron chi connectivity index (χ1n) is 7.34. The molecule has 22 heavy (non-hydrogen) atoms. The molecule has 2 heterocycles. The summed E-state index contributed by atoms with van der Waals surface area (Å²) in [5.41, 5.74) is -1.33. The average Bonchev–Trinajstić information content (AvgIpc) is 2.94. The average molecular weight is 328 g/mol. The number of rotatable bonds is 3. The Bertz CT molecular complexity index is 510. The Morgan fingerprint density at radius 2 is 2.32 bits per heavy atom. The summed E-state index contributed by atoms with van der Waals surface area (Å²) in [6.45, 7) is 9.50. The Labute approximate surface area is 135 Å². The van der Waals surface area contributed by atoms with Gasteiger partial charge in [0.05, 0.1) is 12.6 Å². The van der Waals surface area contributed by atoms with Gasteiger partial charge in [-0.3, -0.25) is 4.90 Å². The van der Waals surface area contributed by atoms with E-state index >= 15 is 0 Å². The van der Waals surface area contributed by atoms with Crippen LogP contribution < -0.4 is 0 Å². The summed E-state index contributed by atoms with van der Waals surface area (Å²) in [5.74, 6) is 0. The van der Waals surface area contributed by atoms with Gasteiger partial charge in [-0.1, -0.05) is 0 Å². The third kappa shape index (κ3) is 3.97. The van der Waals surface area contributed by atoms with Gasteiger partial charge in [-0.25, -0.2) is 9.78 Å². The molecule has 0 spiro atoms. The van der Waals surface area contributed by atoms with Crippen LogP contribution in [-0.2, 0) is 9.47 Å². The molecule has 2 rings (SSSR count). The maximum absolute atomic E-state index is 12.5. The van der Waals surface area contributed by atoms with Crippen molar-refractivity contribution in [2.24, 2.45) is 0 Å². The van der Waals surface area contributed by atoms with E-state index in [-0.39, 0.29) is 6.04 Å². The van der Waals surface area contributed by atoms with Gasteiger partial charge in [-0.05, 0) is 34.6 Å². The predicted octanol–water partition coefficient (Wildman–Crippen LogP) is 2.94. The molecule has 1 aliphatic heterocycles. The largest absolute Gasteiger partial charge is 0.444 e. The lowest BCUT2D eigenvalue weighted by Gasteiger charge is -2.35. The number of hydrogen-bond acceptors (Lipinski definition) is 6. The highest BCUT2D eigenvalue weighted by Gasteiger charge is 2.46.